The molecule has 0 aliphatic rings. The first-order valence-corrected chi connectivity index (χ1v) is 6.10. The zero-order valence-corrected chi connectivity index (χ0v) is 10.5. The van der Waals surface area contributed by atoms with Crippen LogP contribution >= 0.6 is 34.5 Å². The molecular weight excluding hydrogens is 265 g/mol. The van der Waals surface area contributed by atoms with Crippen LogP contribution < -0.4 is 11.3 Å². The number of rotatable bonds is 3. The Morgan fingerprint density at radius 3 is 2.75 bits per heavy atom. The lowest BCUT2D eigenvalue weighted by Crippen LogP contribution is -2.28. The van der Waals surface area contributed by atoms with E-state index in [0.717, 1.165) is 11.1 Å². The Balaban J connectivity index is 2.40. The zero-order valence-electron chi connectivity index (χ0n) is 8.15. The number of halogens is 2. The number of aromatic nitrogens is 1. The first-order valence-electron chi connectivity index (χ1n) is 4.53. The van der Waals surface area contributed by atoms with E-state index in [4.69, 9.17) is 29.0 Å². The van der Waals surface area contributed by atoms with E-state index in [1.807, 2.05) is 18.2 Å². The van der Waals surface area contributed by atoms with Crippen LogP contribution in [-0.2, 0) is 0 Å². The summed E-state index contributed by atoms with van der Waals surface area (Å²) in [6, 6.07) is 5.40. The van der Waals surface area contributed by atoms with Crippen molar-refractivity contribution in [2.75, 3.05) is 0 Å². The Kier molecular flexibility index (Phi) is 3.78. The molecule has 3 N–H and O–H groups in total. The minimum Gasteiger partial charge on any atom is -0.271 e. The Morgan fingerprint density at radius 1 is 1.44 bits per heavy atom. The smallest absolute Gasteiger partial charge is 0.0995 e. The van der Waals surface area contributed by atoms with Crippen molar-refractivity contribution in [1.82, 2.24) is 10.4 Å². The monoisotopic (exact) mass is 273 g/mol. The van der Waals surface area contributed by atoms with E-state index in [1.165, 1.54) is 11.3 Å². The molecule has 0 aliphatic heterocycles. The summed E-state index contributed by atoms with van der Waals surface area (Å²) >= 11 is 13.3. The highest BCUT2D eigenvalue weighted by molar-refractivity contribution is 7.20. The second-order valence-corrected chi connectivity index (χ2v) is 5.45. The van der Waals surface area contributed by atoms with Crippen LogP contribution in [0.5, 0.6) is 0 Å². The van der Waals surface area contributed by atoms with Crippen LogP contribution in [0.15, 0.2) is 30.6 Å². The number of thiophene rings is 1. The van der Waals surface area contributed by atoms with Gasteiger partial charge < -0.3 is 0 Å². The lowest BCUT2D eigenvalue weighted by molar-refractivity contribution is 0.637. The molecule has 0 spiro atoms. The van der Waals surface area contributed by atoms with E-state index in [0.29, 0.717) is 8.67 Å². The van der Waals surface area contributed by atoms with Gasteiger partial charge in [0.1, 0.15) is 0 Å². The molecule has 0 radical (unpaired) electrons. The predicted octanol–water partition coefficient (Wildman–Crippen LogP) is 3.00. The molecule has 6 heteroatoms. The fourth-order valence-electron chi connectivity index (χ4n) is 1.46. The molecule has 1 unspecified atom stereocenters. The van der Waals surface area contributed by atoms with E-state index in [2.05, 4.69) is 10.4 Å². The van der Waals surface area contributed by atoms with Crippen LogP contribution in [0.25, 0.3) is 0 Å². The minimum absolute atomic E-state index is 0.190. The second-order valence-electron chi connectivity index (χ2n) is 3.17. The Hall–Kier alpha value is -0.650. The van der Waals surface area contributed by atoms with E-state index < -0.39 is 0 Å². The molecule has 2 aromatic heterocycles. The van der Waals surface area contributed by atoms with Crippen molar-refractivity contribution in [2.45, 2.75) is 6.04 Å². The van der Waals surface area contributed by atoms with Gasteiger partial charge in [-0.15, -0.1) is 11.3 Å². The van der Waals surface area contributed by atoms with Crippen molar-refractivity contribution in [2.24, 2.45) is 5.84 Å². The van der Waals surface area contributed by atoms with Crippen LogP contribution in [0.4, 0.5) is 0 Å². The maximum absolute atomic E-state index is 6.09. The van der Waals surface area contributed by atoms with Crippen molar-refractivity contribution in [3.8, 4) is 0 Å². The molecule has 84 valence electrons. The molecule has 2 rings (SSSR count). The highest BCUT2D eigenvalue weighted by atomic mass is 35.5. The summed E-state index contributed by atoms with van der Waals surface area (Å²) in [6.07, 6.45) is 3.45. The third kappa shape index (κ3) is 2.36. The average Bonchev–Trinajstić information content (AvgIpc) is 2.61. The highest BCUT2D eigenvalue weighted by Crippen LogP contribution is 2.36. The van der Waals surface area contributed by atoms with Crippen molar-refractivity contribution in [3.63, 3.8) is 0 Å². The summed E-state index contributed by atoms with van der Waals surface area (Å²) in [6.45, 7) is 0. The number of hydrogen-bond acceptors (Lipinski definition) is 4. The lowest BCUT2D eigenvalue weighted by atomic mass is 10.0. The molecule has 0 saturated carbocycles. The number of pyridine rings is 1. The molecule has 0 fully saturated rings. The topological polar surface area (TPSA) is 50.9 Å². The fourth-order valence-corrected chi connectivity index (χ4v) is 2.99. The Labute approximate surface area is 107 Å². The minimum atomic E-state index is -0.190. The summed E-state index contributed by atoms with van der Waals surface area (Å²) in [7, 11) is 0. The molecule has 2 aromatic rings. The molecule has 0 bridgehead atoms. The molecule has 1 atom stereocenters. The average molecular weight is 274 g/mol. The van der Waals surface area contributed by atoms with Gasteiger partial charge >= 0.3 is 0 Å². The fraction of sp³-hybridized carbons (Fsp3) is 0.100. The number of nitrogens with one attached hydrogen (secondary N) is 1. The number of nitrogens with two attached hydrogens (primary N) is 1. The molecule has 0 saturated heterocycles. The van der Waals surface area contributed by atoms with E-state index in [9.17, 15) is 0 Å². The van der Waals surface area contributed by atoms with Crippen LogP contribution in [0, 0.1) is 0 Å². The number of hydrogen-bond donors (Lipinski definition) is 2. The summed E-state index contributed by atoms with van der Waals surface area (Å²) in [4.78, 5) is 4.05. The van der Waals surface area contributed by atoms with Gasteiger partial charge in [0, 0.05) is 18.0 Å². The van der Waals surface area contributed by atoms with Crippen molar-refractivity contribution >= 4 is 34.5 Å². The third-order valence-corrected chi connectivity index (χ3v) is 3.70. The van der Waals surface area contributed by atoms with Crippen molar-refractivity contribution < 1.29 is 0 Å². The summed E-state index contributed by atoms with van der Waals surface area (Å²) in [5, 5.41) is 0. The zero-order chi connectivity index (χ0) is 11.5. The number of hydrazine groups is 1. The van der Waals surface area contributed by atoms with Crippen molar-refractivity contribution in [3.05, 3.63) is 50.4 Å². The molecule has 16 heavy (non-hydrogen) atoms. The third-order valence-electron chi connectivity index (χ3n) is 2.18. The quantitative estimate of drug-likeness (QED) is 0.668. The molecule has 0 amide bonds. The van der Waals surface area contributed by atoms with E-state index in [1.54, 1.807) is 12.4 Å². The standard InChI is InChI=1S/C10H9Cl2N3S/c11-8-4-7(10(12)16-8)9(15-13)6-2-1-3-14-5-6/h1-5,9,15H,13H2. The van der Waals surface area contributed by atoms with Gasteiger partial charge in [-0.25, -0.2) is 5.43 Å². The summed E-state index contributed by atoms with van der Waals surface area (Å²) < 4.78 is 1.28. The van der Waals surface area contributed by atoms with Gasteiger partial charge in [0.2, 0.25) is 0 Å². The van der Waals surface area contributed by atoms with E-state index >= 15 is 0 Å². The van der Waals surface area contributed by atoms with E-state index in [-0.39, 0.29) is 6.04 Å². The van der Waals surface area contributed by atoms with Crippen LogP contribution in [0.1, 0.15) is 17.2 Å². The van der Waals surface area contributed by atoms with Crippen LogP contribution in [0.3, 0.4) is 0 Å². The summed E-state index contributed by atoms with van der Waals surface area (Å²) in [5.74, 6) is 5.54. The van der Waals surface area contributed by atoms with Gasteiger partial charge in [0.15, 0.2) is 0 Å². The molecular formula is C10H9Cl2N3S. The van der Waals surface area contributed by atoms with Crippen molar-refractivity contribution in [1.29, 1.82) is 0 Å². The maximum atomic E-state index is 6.09. The summed E-state index contributed by atoms with van der Waals surface area (Å²) in [5.41, 5.74) is 4.53. The van der Waals surface area contributed by atoms with Gasteiger partial charge in [0.25, 0.3) is 0 Å². The second kappa shape index (κ2) is 5.12. The van der Waals surface area contributed by atoms with Crippen LogP contribution in [0.2, 0.25) is 8.67 Å². The Bertz CT molecular complexity index is 472. The highest BCUT2D eigenvalue weighted by Gasteiger charge is 2.18. The van der Waals surface area contributed by atoms with Crippen LogP contribution in [-0.4, -0.2) is 4.98 Å². The Morgan fingerprint density at radius 2 is 2.25 bits per heavy atom. The molecule has 0 aliphatic carbocycles. The van der Waals surface area contributed by atoms with Gasteiger partial charge in [-0.05, 0) is 17.7 Å². The lowest BCUT2D eigenvalue weighted by Gasteiger charge is -2.14. The first-order chi connectivity index (χ1) is 7.72. The molecule has 0 aromatic carbocycles. The van der Waals surface area contributed by atoms with Gasteiger partial charge in [-0.2, -0.15) is 0 Å². The largest absolute Gasteiger partial charge is 0.271 e. The molecule has 2 heterocycles. The first kappa shape index (κ1) is 11.8. The van der Waals surface area contributed by atoms with Gasteiger partial charge in [-0.3, -0.25) is 10.8 Å². The normalized spacial score (nSPS) is 12.7. The maximum Gasteiger partial charge on any atom is 0.0995 e. The van der Waals surface area contributed by atoms with Gasteiger partial charge in [-0.1, -0.05) is 29.3 Å². The predicted molar refractivity (Wildman–Crippen MR) is 67.7 cm³/mol. The van der Waals surface area contributed by atoms with Gasteiger partial charge in [0.05, 0.1) is 14.7 Å². The SMILES string of the molecule is NNC(c1cccnc1)c1cc(Cl)sc1Cl. The number of nitrogens with zero attached hydrogens (tertiary/aromatic N) is 1. The molecule has 3 nitrogen and oxygen atoms in total.